The van der Waals surface area contributed by atoms with Gasteiger partial charge in [-0.2, -0.15) is 10.5 Å². The normalized spacial score (nSPS) is 10.5. The Morgan fingerprint density at radius 2 is 1.84 bits per heavy atom. The molecule has 0 spiro atoms. The van der Waals surface area contributed by atoms with Crippen LogP contribution >= 0.6 is 23.2 Å². The Labute approximate surface area is 154 Å². The summed E-state index contributed by atoms with van der Waals surface area (Å²) in [4.78, 5) is 12.3. The molecule has 1 amide bonds. The van der Waals surface area contributed by atoms with Crippen molar-refractivity contribution in [1.29, 1.82) is 10.5 Å². The highest BCUT2D eigenvalue weighted by Crippen LogP contribution is 2.24. The fourth-order valence-electron chi connectivity index (χ4n) is 1.97. The summed E-state index contributed by atoms with van der Waals surface area (Å²) in [5.74, 6) is -0.216. The highest BCUT2D eigenvalue weighted by molar-refractivity contribution is 6.35. The van der Waals surface area contributed by atoms with Crippen molar-refractivity contribution < 1.29 is 9.53 Å². The molecule has 0 aliphatic carbocycles. The quantitative estimate of drug-likeness (QED) is 0.621. The average Bonchev–Trinajstić information content (AvgIpc) is 2.57. The van der Waals surface area contributed by atoms with Crippen LogP contribution in [0.3, 0.4) is 0 Å². The van der Waals surface area contributed by atoms with Crippen molar-refractivity contribution in [2.45, 2.75) is 0 Å². The molecule has 0 radical (unpaired) electrons. The number of halogens is 2. The van der Waals surface area contributed by atoms with Gasteiger partial charge in [0.1, 0.15) is 23.5 Å². The van der Waals surface area contributed by atoms with Crippen LogP contribution in [-0.2, 0) is 4.79 Å². The van der Waals surface area contributed by atoms with E-state index in [-0.39, 0.29) is 12.2 Å². The monoisotopic (exact) mass is 371 g/mol. The molecule has 2 aromatic rings. The summed E-state index contributed by atoms with van der Waals surface area (Å²) in [6.45, 7) is -0.139. The smallest absolute Gasteiger partial charge is 0.266 e. The number of rotatable bonds is 5. The molecule has 0 fully saturated rings. The second-order valence-corrected chi connectivity index (χ2v) is 5.64. The number of carbonyl (C=O) groups is 1. The van der Waals surface area contributed by atoms with Gasteiger partial charge < -0.3 is 10.1 Å². The van der Waals surface area contributed by atoms with Gasteiger partial charge in [-0.3, -0.25) is 4.79 Å². The summed E-state index contributed by atoms with van der Waals surface area (Å²) in [6.07, 6.45) is 1.38. The third-order valence-corrected chi connectivity index (χ3v) is 3.43. The number of carbonyl (C=O) groups excluding carboxylic acids is 1. The van der Waals surface area contributed by atoms with Crippen LogP contribution in [0.25, 0.3) is 6.08 Å². The molecule has 0 bridgehead atoms. The zero-order chi connectivity index (χ0) is 18.2. The number of ether oxygens (including phenoxy) is 1. The van der Waals surface area contributed by atoms with E-state index in [1.54, 1.807) is 24.3 Å². The first-order valence-corrected chi connectivity index (χ1v) is 7.77. The van der Waals surface area contributed by atoms with Crippen molar-refractivity contribution in [3.05, 3.63) is 63.6 Å². The van der Waals surface area contributed by atoms with Gasteiger partial charge in [-0.25, -0.2) is 0 Å². The van der Waals surface area contributed by atoms with Crippen molar-refractivity contribution in [3.63, 3.8) is 0 Å². The molecule has 25 heavy (non-hydrogen) atoms. The van der Waals surface area contributed by atoms with E-state index in [0.717, 1.165) is 0 Å². The Morgan fingerprint density at radius 3 is 2.48 bits per heavy atom. The van der Waals surface area contributed by atoms with Crippen molar-refractivity contribution in [2.75, 3.05) is 11.9 Å². The Balaban J connectivity index is 2.27. The van der Waals surface area contributed by atoms with Crippen LogP contribution in [0.1, 0.15) is 5.56 Å². The van der Waals surface area contributed by atoms with E-state index in [0.29, 0.717) is 27.0 Å². The van der Waals surface area contributed by atoms with Crippen LogP contribution in [0.5, 0.6) is 5.75 Å². The molecule has 0 aromatic heterocycles. The van der Waals surface area contributed by atoms with Gasteiger partial charge in [0, 0.05) is 21.3 Å². The van der Waals surface area contributed by atoms with E-state index in [1.807, 2.05) is 12.1 Å². The number of hydrogen-bond donors (Lipinski definition) is 1. The summed E-state index contributed by atoms with van der Waals surface area (Å²) in [5.41, 5.74) is 0.746. The molecular formula is C18H11Cl2N3O2. The van der Waals surface area contributed by atoms with Gasteiger partial charge >= 0.3 is 0 Å². The summed E-state index contributed by atoms with van der Waals surface area (Å²) in [7, 11) is 0. The molecular weight excluding hydrogens is 361 g/mol. The lowest BCUT2D eigenvalue weighted by Gasteiger charge is -2.08. The molecule has 0 atom stereocenters. The van der Waals surface area contributed by atoms with Gasteiger partial charge in [-0.15, -0.1) is 0 Å². The Hall–Kier alpha value is -2.99. The van der Waals surface area contributed by atoms with Crippen molar-refractivity contribution in [2.24, 2.45) is 0 Å². The third-order valence-electron chi connectivity index (χ3n) is 3.00. The van der Waals surface area contributed by atoms with E-state index in [4.69, 9.17) is 33.2 Å². The van der Waals surface area contributed by atoms with Crippen molar-refractivity contribution in [3.8, 4) is 17.9 Å². The molecule has 2 rings (SSSR count). The molecule has 0 unspecified atom stereocenters. The number of hydrogen-bond acceptors (Lipinski definition) is 4. The number of nitrogens with one attached hydrogen (secondary N) is 1. The minimum Gasteiger partial charge on any atom is -0.478 e. The first kappa shape index (κ1) is 18.4. The summed E-state index contributed by atoms with van der Waals surface area (Å²) in [5, 5.41) is 21.2. The largest absolute Gasteiger partial charge is 0.478 e. The fourth-order valence-corrected chi connectivity index (χ4v) is 2.50. The average molecular weight is 372 g/mol. The molecule has 5 nitrogen and oxygen atoms in total. The highest BCUT2D eigenvalue weighted by Gasteiger charge is 2.12. The lowest BCUT2D eigenvalue weighted by atomic mass is 10.1. The number of amides is 1. The fraction of sp³-hybridized carbons (Fsp3) is 0.0556. The lowest BCUT2D eigenvalue weighted by Crippen LogP contribution is -2.13. The third kappa shape index (κ3) is 5.26. The molecule has 0 heterocycles. The molecule has 0 aliphatic heterocycles. The molecule has 0 aliphatic rings. The second kappa shape index (κ2) is 8.75. The number of benzene rings is 2. The van der Waals surface area contributed by atoms with Crippen molar-refractivity contribution >= 4 is 40.9 Å². The Bertz CT molecular complexity index is 891. The maximum absolute atomic E-state index is 12.3. The topological polar surface area (TPSA) is 85.9 Å². The van der Waals surface area contributed by atoms with E-state index < -0.39 is 5.91 Å². The number of nitriles is 2. The molecule has 0 saturated carbocycles. The maximum atomic E-state index is 12.3. The lowest BCUT2D eigenvalue weighted by molar-refractivity contribution is -0.112. The zero-order valence-electron chi connectivity index (χ0n) is 12.8. The minimum atomic E-state index is -0.615. The van der Waals surface area contributed by atoms with Crippen LogP contribution in [0, 0.1) is 22.7 Å². The molecule has 0 saturated heterocycles. The summed E-state index contributed by atoms with van der Waals surface area (Å²) < 4.78 is 5.28. The predicted octanol–water partition coefficient (Wildman–Crippen LogP) is 4.44. The standard InChI is InChI=1S/C18H11Cl2N3O2/c19-14-8-15(20)10-16(9-14)23-18(24)13(11-22)7-12-3-1-2-4-17(12)25-6-5-21/h1-4,7-10H,6H2,(H,23,24)/b13-7+. The minimum absolute atomic E-state index is 0.135. The maximum Gasteiger partial charge on any atom is 0.266 e. The van der Waals surface area contributed by atoms with Gasteiger partial charge in [0.2, 0.25) is 0 Å². The molecule has 1 N–H and O–H groups in total. The number of para-hydroxylation sites is 1. The summed E-state index contributed by atoms with van der Waals surface area (Å²) >= 11 is 11.8. The first-order valence-electron chi connectivity index (χ1n) is 7.01. The zero-order valence-corrected chi connectivity index (χ0v) is 14.3. The Kier molecular flexibility index (Phi) is 6.42. The van der Waals surface area contributed by atoms with Crippen LogP contribution in [0.2, 0.25) is 10.0 Å². The van der Waals surface area contributed by atoms with Gasteiger partial charge in [-0.1, -0.05) is 41.4 Å². The van der Waals surface area contributed by atoms with E-state index in [1.165, 1.54) is 24.3 Å². The second-order valence-electron chi connectivity index (χ2n) is 4.77. The molecule has 124 valence electrons. The van der Waals surface area contributed by atoms with Crippen molar-refractivity contribution in [1.82, 2.24) is 0 Å². The van der Waals surface area contributed by atoms with E-state index >= 15 is 0 Å². The van der Waals surface area contributed by atoms with Crippen LogP contribution in [-0.4, -0.2) is 12.5 Å². The Morgan fingerprint density at radius 1 is 1.16 bits per heavy atom. The number of anilines is 1. The molecule has 7 heteroatoms. The van der Waals surface area contributed by atoms with Crippen LogP contribution in [0.4, 0.5) is 5.69 Å². The van der Waals surface area contributed by atoms with Gasteiger partial charge in [0.25, 0.3) is 5.91 Å². The van der Waals surface area contributed by atoms with Crippen LogP contribution in [0.15, 0.2) is 48.0 Å². The van der Waals surface area contributed by atoms with E-state index in [2.05, 4.69) is 5.32 Å². The van der Waals surface area contributed by atoms with Gasteiger partial charge in [0.15, 0.2) is 6.61 Å². The highest BCUT2D eigenvalue weighted by atomic mass is 35.5. The number of nitrogens with zero attached hydrogens (tertiary/aromatic N) is 2. The van der Waals surface area contributed by atoms with E-state index in [9.17, 15) is 10.1 Å². The first-order chi connectivity index (χ1) is 12.0. The van der Waals surface area contributed by atoms with Gasteiger partial charge in [-0.05, 0) is 30.3 Å². The van der Waals surface area contributed by atoms with Gasteiger partial charge in [0.05, 0.1) is 0 Å². The van der Waals surface area contributed by atoms with Crippen LogP contribution < -0.4 is 10.1 Å². The summed E-state index contributed by atoms with van der Waals surface area (Å²) in [6, 6.07) is 15.1. The SMILES string of the molecule is N#CCOc1ccccc1/C=C(\C#N)C(=O)Nc1cc(Cl)cc(Cl)c1. The predicted molar refractivity (Wildman–Crippen MR) is 96.2 cm³/mol. The molecule has 2 aromatic carbocycles.